The molecule has 1 spiro atoms. The average Bonchev–Trinajstić information content (AvgIpc) is 2.90. The highest BCUT2D eigenvalue weighted by Gasteiger charge is 2.40. The van der Waals surface area contributed by atoms with Gasteiger partial charge in [0.1, 0.15) is 0 Å². The van der Waals surface area contributed by atoms with Crippen LogP contribution in [-0.2, 0) is 9.47 Å². The van der Waals surface area contributed by atoms with E-state index in [2.05, 4.69) is 5.32 Å². The van der Waals surface area contributed by atoms with Gasteiger partial charge in [-0.3, -0.25) is 0 Å². The lowest BCUT2D eigenvalue weighted by Crippen LogP contribution is -2.52. The van der Waals surface area contributed by atoms with Gasteiger partial charge in [-0.2, -0.15) is 0 Å². The molecule has 21 heavy (non-hydrogen) atoms. The molecule has 120 valence electrons. The van der Waals surface area contributed by atoms with Crippen molar-refractivity contribution in [1.29, 1.82) is 0 Å². The second-order valence-electron chi connectivity index (χ2n) is 6.59. The number of nitrogens with one attached hydrogen (secondary N) is 1. The van der Waals surface area contributed by atoms with E-state index >= 15 is 0 Å². The molecule has 2 aliphatic heterocycles. The monoisotopic (exact) mass is 296 g/mol. The summed E-state index contributed by atoms with van der Waals surface area (Å²) < 4.78 is 11.4. The summed E-state index contributed by atoms with van der Waals surface area (Å²) in [7, 11) is 0. The summed E-state index contributed by atoms with van der Waals surface area (Å²) in [6.45, 7) is 2.85. The molecular formula is C16H28N2O3. The van der Waals surface area contributed by atoms with Gasteiger partial charge in [0.05, 0.1) is 13.2 Å². The minimum absolute atomic E-state index is 0.105. The van der Waals surface area contributed by atoms with E-state index in [1.54, 1.807) is 0 Å². The normalized spacial score (nSPS) is 27.3. The molecule has 0 aromatic rings. The molecule has 0 radical (unpaired) electrons. The number of rotatable bonds is 1. The summed E-state index contributed by atoms with van der Waals surface area (Å²) in [5.41, 5.74) is 0. The summed E-state index contributed by atoms with van der Waals surface area (Å²) in [6.07, 6.45) is 10.3. The summed E-state index contributed by atoms with van der Waals surface area (Å²) in [5, 5.41) is 3.24. The zero-order valence-corrected chi connectivity index (χ0v) is 12.9. The number of nitrogens with zero attached hydrogens (tertiary/aromatic N) is 1. The van der Waals surface area contributed by atoms with E-state index in [0.29, 0.717) is 19.3 Å². The molecule has 3 fully saturated rings. The predicted octanol–water partition coefficient (Wildman–Crippen LogP) is 2.65. The maximum atomic E-state index is 12.4. The van der Waals surface area contributed by atoms with E-state index in [9.17, 15) is 4.79 Å². The maximum Gasteiger partial charge on any atom is 0.317 e. The van der Waals surface area contributed by atoms with E-state index in [-0.39, 0.29) is 6.03 Å². The van der Waals surface area contributed by atoms with Gasteiger partial charge in [-0.05, 0) is 12.8 Å². The van der Waals surface area contributed by atoms with Crippen LogP contribution in [0, 0.1) is 0 Å². The SMILES string of the molecule is O=C(NC1CCCCCCC1)N1CCC2(CC1)OCCO2. The van der Waals surface area contributed by atoms with Crippen LogP contribution in [0.4, 0.5) is 4.79 Å². The van der Waals surface area contributed by atoms with Gasteiger partial charge in [0.25, 0.3) is 0 Å². The molecule has 0 atom stereocenters. The summed E-state index contributed by atoms with van der Waals surface area (Å²) in [4.78, 5) is 14.3. The van der Waals surface area contributed by atoms with Crippen molar-refractivity contribution in [3.8, 4) is 0 Å². The van der Waals surface area contributed by atoms with Crippen LogP contribution >= 0.6 is 0 Å². The van der Waals surface area contributed by atoms with Gasteiger partial charge in [0.2, 0.25) is 0 Å². The molecule has 1 N–H and O–H groups in total. The van der Waals surface area contributed by atoms with Crippen LogP contribution in [0.5, 0.6) is 0 Å². The fourth-order valence-electron chi connectivity index (χ4n) is 3.70. The van der Waals surface area contributed by atoms with Gasteiger partial charge >= 0.3 is 6.03 Å². The molecule has 5 nitrogen and oxygen atoms in total. The Balaban J connectivity index is 1.45. The molecule has 5 heteroatoms. The Labute approximate surface area is 127 Å². The highest BCUT2D eigenvalue weighted by Crippen LogP contribution is 2.31. The molecular weight excluding hydrogens is 268 g/mol. The van der Waals surface area contributed by atoms with Crippen LogP contribution in [0.2, 0.25) is 0 Å². The van der Waals surface area contributed by atoms with E-state index in [0.717, 1.165) is 38.8 Å². The number of piperidine rings is 1. The number of hydrogen-bond donors (Lipinski definition) is 1. The first-order chi connectivity index (χ1) is 10.3. The highest BCUT2D eigenvalue weighted by atomic mass is 16.7. The topological polar surface area (TPSA) is 50.8 Å². The largest absolute Gasteiger partial charge is 0.347 e. The second kappa shape index (κ2) is 6.97. The van der Waals surface area contributed by atoms with Gasteiger partial charge < -0.3 is 19.7 Å². The summed E-state index contributed by atoms with van der Waals surface area (Å²) in [6, 6.07) is 0.473. The van der Waals surface area contributed by atoms with Gasteiger partial charge in [0.15, 0.2) is 5.79 Å². The molecule has 1 aliphatic carbocycles. The lowest BCUT2D eigenvalue weighted by Gasteiger charge is -2.38. The standard InChI is InChI=1S/C16H28N2O3/c19-15(17-14-6-4-2-1-3-5-7-14)18-10-8-16(9-11-18)20-12-13-21-16/h14H,1-13H2,(H,17,19). The van der Waals surface area contributed by atoms with Crippen molar-refractivity contribution in [2.75, 3.05) is 26.3 Å². The Kier molecular flexibility index (Phi) is 5.01. The summed E-state index contributed by atoms with van der Waals surface area (Å²) in [5.74, 6) is -0.392. The minimum atomic E-state index is -0.392. The molecule has 0 unspecified atom stereocenters. The van der Waals surface area contributed by atoms with E-state index in [1.165, 1.54) is 32.1 Å². The van der Waals surface area contributed by atoms with Crippen LogP contribution in [0.3, 0.4) is 0 Å². The quantitative estimate of drug-likeness (QED) is 0.809. The van der Waals surface area contributed by atoms with E-state index in [1.807, 2.05) is 4.90 Å². The van der Waals surface area contributed by atoms with Gasteiger partial charge in [-0.25, -0.2) is 4.79 Å². The third kappa shape index (κ3) is 3.89. The molecule has 2 heterocycles. The second-order valence-corrected chi connectivity index (χ2v) is 6.59. The molecule has 0 bridgehead atoms. The predicted molar refractivity (Wildman–Crippen MR) is 80.1 cm³/mol. The Hall–Kier alpha value is -0.810. The van der Waals surface area contributed by atoms with Crippen molar-refractivity contribution < 1.29 is 14.3 Å². The lowest BCUT2D eigenvalue weighted by atomic mass is 9.97. The first-order valence-electron chi connectivity index (χ1n) is 8.61. The first kappa shape index (κ1) is 15.1. The number of urea groups is 1. The smallest absolute Gasteiger partial charge is 0.317 e. The van der Waals surface area contributed by atoms with Crippen molar-refractivity contribution >= 4 is 6.03 Å². The summed E-state index contributed by atoms with van der Waals surface area (Å²) >= 11 is 0. The fraction of sp³-hybridized carbons (Fsp3) is 0.938. The molecule has 2 saturated heterocycles. The van der Waals surface area contributed by atoms with Crippen molar-refractivity contribution in [2.24, 2.45) is 0 Å². The number of carbonyl (C=O) groups excluding carboxylic acids is 1. The number of likely N-dealkylation sites (tertiary alicyclic amines) is 1. The van der Waals surface area contributed by atoms with Gasteiger partial charge in [-0.1, -0.05) is 32.1 Å². The van der Waals surface area contributed by atoms with E-state index in [4.69, 9.17) is 9.47 Å². The molecule has 3 aliphatic rings. The van der Waals surface area contributed by atoms with Gasteiger partial charge in [0, 0.05) is 32.0 Å². The molecule has 3 rings (SSSR count). The van der Waals surface area contributed by atoms with Crippen LogP contribution in [0.1, 0.15) is 57.8 Å². The van der Waals surface area contributed by atoms with Crippen molar-refractivity contribution in [2.45, 2.75) is 69.6 Å². The lowest BCUT2D eigenvalue weighted by molar-refractivity contribution is -0.181. The Morgan fingerprint density at radius 2 is 1.52 bits per heavy atom. The Morgan fingerprint density at radius 3 is 2.14 bits per heavy atom. The highest BCUT2D eigenvalue weighted by molar-refractivity contribution is 5.74. The molecule has 0 aromatic heterocycles. The average molecular weight is 296 g/mol. The minimum Gasteiger partial charge on any atom is -0.347 e. The molecule has 1 saturated carbocycles. The van der Waals surface area contributed by atoms with Crippen LogP contribution in [-0.4, -0.2) is 49.1 Å². The van der Waals surface area contributed by atoms with E-state index < -0.39 is 5.79 Å². The third-order valence-corrected chi connectivity index (χ3v) is 5.06. The Bertz CT molecular complexity index is 337. The molecule has 0 aromatic carbocycles. The number of carbonyl (C=O) groups is 1. The van der Waals surface area contributed by atoms with Crippen molar-refractivity contribution in [3.63, 3.8) is 0 Å². The number of amides is 2. The zero-order chi connectivity index (χ0) is 14.5. The van der Waals surface area contributed by atoms with Crippen molar-refractivity contribution in [3.05, 3.63) is 0 Å². The van der Waals surface area contributed by atoms with Crippen LogP contribution < -0.4 is 5.32 Å². The van der Waals surface area contributed by atoms with Crippen LogP contribution in [0.15, 0.2) is 0 Å². The number of ether oxygens (including phenoxy) is 2. The zero-order valence-electron chi connectivity index (χ0n) is 12.9. The first-order valence-corrected chi connectivity index (χ1v) is 8.61. The Morgan fingerprint density at radius 1 is 0.952 bits per heavy atom. The number of hydrogen-bond acceptors (Lipinski definition) is 3. The van der Waals surface area contributed by atoms with Crippen molar-refractivity contribution in [1.82, 2.24) is 10.2 Å². The third-order valence-electron chi connectivity index (χ3n) is 5.06. The maximum absolute atomic E-state index is 12.4. The fourth-order valence-corrected chi connectivity index (χ4v) is 3.70. The molecule has 2 amide bonds. The van der Waals surface area contributed by atoms with Crippen LogP contribution in [0.25, 0.3) is 0 Å². The van der Waals surface area contributed by atoms with Gasteiger partial charge in [-0.15, -0.1) is 0 Å².